The molecule has 0 unspecified atom stereocenters. The van der Waals surface area contributed by atoms with Gasteiger partial charge < -0.3 is 14.7 Å². The van der Waals surface area contributed by atoms with Gasteiger partial charge in [0.1, 0.15) is 11.5 Å². The van der Waals surface area contributed by atoms with Crippen LogP contribution in [0.15, 0.2) is 23.8 Å². The summed E-state index contributed by atoms with van der Waals surface area (Å²) < 4.78 is 0. The zero-order valence-electron chi connectivity index (χ0n) is 14.4. The molecule has 6 nitrogen and oxygen atoms in total. The fraction of sp³-hybridized carbons (Fsp3) is 0.471. The van der Waals surface area contributed by atoms with Gasteiger partial charge in [-0.3, -0.25) is 9.78 Å². The van der Waals surface area contributed by atoms with E-state index >= 15 is 0 Å². The second-order valence-corrected chi connectivity index (χ2v) is 7.24. The van der Waals surface area contributed by atoms with E-state index in [-0.39, 0.29) is 5.91 Å². The summed E-state index contributed by atoms with van der Waals surface area (Å²) in [7, 11) is 4.05. The van der Waals surface area contributed by atoms with Gasteiger partial charge in [0.25, 0.3) is 5.91 Å². The quantitative estimate of drug-likeness (QED) is 0.847. The molecule has 0 radical (unpaired) electrons. The lowest BCUT2D eigenvalue weighted by molar-refractivity contribution is 0.0658. The Balaban J connectivity index is 1.71. The van der Waals surface area contributed by atoms with Crippen LogP contribution in [0.3, 0.4) is 0 Å². The number of likely N-dealkylation sites (N-methyl/N-ethyl adjacent to an activating group) is 1. The first-order chi connectivity index (χ1) is 11.5. The summed E-state index contributed by atoms with van der Waals surface area (Å²) in [6.07, 6.45) is 3.28. The van der Waals surface area contributed by atoms with E-state index in [0.29, 0.717) is 5.69 Å². The van der Waals surface area contributed by atoms with Gasteiger partial charge in [-0.15, -0.1) is 11.3 Å². The van der Waals surface area contributed by atoms with Crippen molar-refractivity contribution in [3.63, 3.8) is 0 Å². The van der Waals surface area contributed by atoms with Crippen molar-refractivity contribution in [2.45, 2.75) is 13.5 Å². The third kappa shape index (κ3) is 3.73. The van der Waals surface area contributed by atoms with Crippen LogP contribution in [-0.2, 0) is 6.54 Å². The molecule has 1 aliphatic heterocycles. The highest BCUT2D eigenvalue weighted by Gasteiger charge is 2.22. The lowest BCUT2D eigenvalue weighted by atomic mass is 10.3. The first-order valence-corrected chi connectivity index (χ1v) is 8.96. The number of rotatable bonds is 4. The Kier molecular flexibility index (Phi) is 5.11. The second kappa shape index (κ2) is 7.27. The monoisotopic (exact) mass is 345 g/mol. The number of hydrogen-bond acceptors (Lipinski definition) is 6. The van der Waals surface area contributed by atoms with E-state index in [1.807, 2.05) is 16.8 Å². The van der Waals surface area contributed by atoms with Gasteiger partial charge in [0.15, 0.2) is 0 Å². The van der Waals surface area contributed by atoms with Gasteiger partial charge in [-0.05, 0) is 31.0 Å². The van der Waals surface area contributed by atoms with Crippen LogP contribution in [0, 0.1) is 6.92 Å². The minimum absolute atomic E-state index is 0.0295. The Hall–Kier alpha value is -1.99. The van der Waals surface area contributed by atoms with Crippen LogP contribution >= 0.6 is 11.3 Å². The summed E-state index contributed by atoms with van der Waals surface area (Å²) in [5.74, 6) is 0.695. The number of hydrogen-bond donors (Lipinski definition) is 0. The van der Waals surface area contributed by atoms with E-state index in [0.717, 1.165) is 38.5 Å². The Morgan fingerprint density at radius 2 is 2.04 bits per heavy atom. The Bertz CT molecular complexity index is 709. The molecule has 0 aliphatic carbocycles. The molecular formula is C17H23N5OS. The van der Waals surface area contributed by atoms with E-state index in [2.05, 4.69) is 40.3 Å². The number of anilines is 1. The summed E-state index contributed by atoms with van der Waals surface area (Å²) in [6.45, 7) is 6.16. The molecule has 3 rings (SSSR count). The van der Waals surface area contributed by atoms with E-state index in [9.17, 15) is 4.79 Å². The van der Waals surface area contributed by atoms with Gasteiger partial charge in [-0.2, -0.15) is 0 Å². The van der Waals surface area contributed by atoms with Gasteiger partial charge in [0, 0.05) is 38.1 Å². The predicted octanol–water partition coefficient (Wildman–Crippen LogP) is 1.87. The van der Waals surface area contributed by atoms with E-state index in [1.165, 1.54) is 10.4 Å². The first kappa shape index (κ1) is 16.9. The molecule has 1 saturated heterocycles. The van der Waals surface area contributed by atoms with Crippen molar-refractivity contribution in [3.8, 4) is 0 Å². The predicted molar refractivity (Wildman–Crippen MR) is 96.6 cm³/mol. The number of nitrogens with zero attached hydrogens (tertiary/aromatic N) is 5. The molecule has 0 atom stereocenters. The largest absolute Gasteiger partial charge is 0.353 e. The van der Waals surface area contributed by atoms with Crippen LogP contribution in [0.25, 0.3) is 0 Å². The summed E-state index contributed by atoms with van der Waals surface area (Å²) in [5.41, 5.74) is 1.70. The zero-order valence-corrected chi connectivity index (χ0v) is 15.2. The van der Waals surface area contributed by atoms with Crippen LogP contribution in [0.4, 0.5) is 5.82 Å². The lowest BCUT2D eigenvalue weighted by Crippen LogP contribution is -2.47. The maximum atomic E-state index is 12.6. The van der Waals surface area contributed by atoms with Crippen molar-refractivity contribution in [2.75, 3.05) is 45.2 Å². The van der Waals surface area contributed by atoms with E-state index < -0.39 is 0 Å². The molecule has 3 heterocycles. The average molecular weight is 345 g/mol. The van der Waals surface area contributed by atoms with Crippen molar-refractivity contribution >= 4 is 23.1 Å². The molecule has 1 amide bonds. The number of carbonyl (C=O) groups is 1. The van der Waals surface area contributed by atoms with Crippen LogP contribution in [0.2, 0.25) is 0 Å². The van der Waals surface area contributed by atoms with Crippen LogP contribution in [0.5, 0.6) is 0 Å². The minimum atomic E-state index is -0.0295. The molecule has 2 aromatic heterocycles. The third-order valence-electron chi connectivity index (χ3n) is 4.37. The summed E-state index contributed by atoms with van der Waals surface area (Å²) in [6, 6.07) is 2.12. The minimum Gasteiger partial charge on any atom is -0.353 e. The summed E-state index contributed by atoms with van der Waals surface area (Å²) >= 11 is 1.74. The first-order valence-electron chi connectivity index (χ1n) is 8.08. The molecule has 1 fully saturated rings. The number of thiophene rings is 1. The maximum absolute atomic E-state index is 12.6. The lowest BCUT2D eigenvalue weighted by Gasteiger charge is -2.32. The van der Waals surface area contributed by atoms with E-state index in [1.54, 1.807) is 23.7 Å². The fourth-order valence-electron chi connectivity index (χ4n) is 2.68. The number of piperazine rings is 1. The topological polar surface area (TPSA) is 52.6 Å². The zero-order chi connectivity index (χ0) is 17.1. The fourth-order valence-corrected chi connectivity index (χ4v) is 3.64. The van der Waals surface area contributed by atoms with Crippen molar-refractivity contribution in [2.24, 2.45) is 0 Å². The number of amides is 1. The average Bonchev–Trinajstić information content (AvgIpc) is 3.00. The number of aromatic nitrogens is 2. The molecule has 0 N–H and O–H groups in total. The molecular weight excluding hydrogens is 322 g/mol. The molecule has 1 aliphatic rings. The van der Waals surface area contributed by atoms with Crippen molar-refractivity contribution in [1.29, 1.82) is 0 Å². The number of carbonyl (C=O) groups excluding carboxylic acids is 1. The molecule has 0 bridgehead atoms. The van der Waals surface area contributed by atoms with Gasteiger partial charge in [-0.25, -0.2) is 4.98 Å². The standard InChI is InChI=1S/C17H23N5OS/c1-13-4-9-24-15(13)12-21(3)16-11-18-10-14(19-16)17(23)22-7-5-20(2)6-8-22/h4,9-11H,5-8,12H2,1-3H3. The number of aryl methyl sites for hydroxylation is 1. The van der Waals surface area contributed by atoms with Gasteiger partial charge in [0.05, 0.1) is 18.9 Å². The van der Waals surface area contributed by atoms with Crippen LogP contribution < -0.4 is 4.90 Å². The Labute approximate surface area is 146 Å². The smallest absolute Gasteiger partial charge is 0.274 e. The normalized spacial score (nSPS) is 15.5. The molecule has 0 spiro atoms. The highest BCUT2D eigenvalue weighted by atomic mass is 32.1. The Morgan fingerprint density at radius 1 is 1.29 bits per heavy atom. The van der Waals surface area contributed by atoms with Crippen molar-refractivity contribution < 1.29 is 4.79 Å². The highest BCUT2D eigenvalue weighted by molar-refractivity contribution is 7.10. The summed E-state index contributed by atoms with van der Waals surface area (Å²) in [4.78, 5) is 28.8. The van der Waals surface area contributed by atoms with Crippen LogP contribution in [-0.4, -0.2) is 65.9 Å². The van der Waals surface area contributed by atoms with Crippen molar-refractivity contribution in [1.82, 2.24) is 19.8 Å². The molecule has 128 valence electrons. The molecule has 7 heteroatoms. The van der Waals surface area contributed by atoms with Gasteiger partial charge in [0.2, 0.25) is 0 Å². The second-order valence-electron chi connectivity index (χ2n) is 6.24. The summed E-state index contributed by atoms with van der Waals surface area (Å²) in [5, 5.41) is 2.09. The molecule has 2 aromatic rings. The molecule has 0 aromatic carbocycles. The Morgan fingerprint density at radius 3 is 2.71 bits per heavy atom. The third-order valence-corrected chi connectivity index (χ3v) is 5.38. The van der Waals surface area contributed by atoms with Crippen LogP contribution in [0.1, 0.15) is 20.9 Å². The molecule has 0 saturated carbocycles. The van der Waals surface area contributed by atoms with Crippen molar-refractivity contribution in [3.05, 3.63) is 40.0 Å². The van der Waals surface area contributed by atoms with E-state index in [4.69, 9.17) is 0 Å². The highest BCUT2D eigenvalue weighted by Crippen LogP contribution is 2.20. The molecule has 24 heavy (non-hydrogen) atoms. The SMILES string of the molecule is Cc1ccsc1CN(C)c1cncc(C(=O)N2CCN(C)CC2)n1. The van der Waals surface area contributed by atoms with Gasteiger partial charge >= 0.3 is 0 Å². The van der Waals surface area contributed by atoms with Gasteiger partial charge in [-0.1, -0.05) is 0 Å². The maximum Gasteiger partial charge on any atom is 0.274 e.